The number of aromatic nitrogens is 1. The van der Waals surface area contributed by atoms with Crippen molar-refractivity contribution in [1.29, 1.82) is 0 Å². The molecule has 0 saturated heterocycles. The fraction of sp³-hybridized carbons (Fsp3) is 0.286. The Labute approximate surface area is 58.7 Å². The van der Waals surface area contributed by atoms with E-state index in [9.17, 15) is 4.39 Å². The third-order valence-corrected chi connectivity index (χ3v) is 1.16. The summed E-state index contributed by atoms with van der Waals surface area (Å²) in [6.07, 6.45) is 1.46. The SMILES string of the molecule is COc1cc(C)cnc1F. The normalized spacial score (nSPS) is 9.50. The summed E-state index contributed by atoms with van der Waals surface area (Å²) in [7, 11) is 1.42. The zero-order chi connectivity index (χ0) is 7.56. The van der Waals surface area contributed by atoms with E-state index in [0.29, 0.717) is 0 Å². The first-order valence-corrected chi connectivity index (χ1v) is 2.90. The minimum atomic E-state index is -0.562. The summed E-state index contributed by atoms with van der Waals surface area (Å²) in [5.74, 6) is -0.367. The minimum Gasteiger partial charge on any atom is -0.492 e. The Kier molecular flexibility index (Phi) is 1.85. The smallest absolute Gasteiger partial charge is 0.255 e. The first-order valence-electron chi connectivity index (χ1n) is 2.90. The molecule has 1 aromatic rings. The molecule has 0 bridgehead atoms. The third kappa shape index (κ3) is 1.23. The van der Waals surface area contributed by atoms with Crippen molar-refractivity contribution >= 4 is 0 Å². The van der Waals surface area contributed by atoms with Crippen LogP contribution in [0.2, 0.25) is 0 Å². The lowest BCUT2D eigenvalue weighted by Gasteiger charge is -1.99. The Morgan fingerprint density at radius 1 is 1.60 bits per heavy atom. The molecule has 0 fully saturated rings. The van der Waals surface area contributed by atoms with E-state index in [0.717, 1.165) is 5.56 Å². The Balaban J connectivity index is 3.09. The van der Waals surface area contributed by atoms with E-state index in [2.05, 4.69) is 9.72 Å². The Bertz CT molecular complexity index is 237. The average molecular weight is 141 g/mol. The molecule has 0 radical (unpaired) electrons. The largest absolute Gasteiger partial charge is 0.492 e. The highest BCUT2D eigenvalue weighted by Crippen LogP contribution is 2.14. The van der Waals surface area contributed by atoms with Gasteiger partial charge in [-0.1, -0.05) is 0 Å². The molecule has 0 aliphatic carbocycles. The van der Waals surface area contributed by atoms with Crippen LogP contribution < -0.4 is 4.74 Å². The van der Waals surface area contributed by atoms with Gasteiger partial charge in [-0.05, 0) is 18.6 Å². The van der Waals surface area contributed by atoms with E-state index in [1.54, 1.807) is 6.07 Å². The van der Waals surface area contributed by atoms with Crippen molar-refractivity contribution in [2.24, 2.45) is 0 Å². The lowest BCUT2D eigenvalue weighted by Crippen LogP contribution is -1.91. The van der Waals surface area contributed by atoms with Crippen LogP contribution >= 0.6 is 0 Å². The van der Waals surface area contributed by atoms with Crippen molar-refractivity contribution in [3.05, 3.63) is 23.8 Å². The van der Waals surface area contributed by atoms with Crippen molar-refractivity contribution in [2.45, 2.75) is 6.92 Å². The molecule has 0 aliphatic rings. The second-order valence-electron chi connectivity index (χ2n) is 2.01. The molecule has 0 atom stereocenters. The highest BCUT2D eigenvalue weighted by molar-refractivity contribution is 5.23. The molecule has 0 aromatic carbocycles. The molecule has 2 nitrogen and oxygen atoms in total. The molecule has 0 aliphatic heterocycles. The molecule has 3 heteroatoms. The van der Waals surface area contributed by atoms with Gasteiger partial charge in [0.25, 0.3) is 5.95 Å². The van der Waals surface area contributed by atoms with Gasteiger partial charge in [-0.25, -0.2) is 4.98 Å². The highest BCUT2D eigenvalue weighted by Gasteiger charge is 2.00. The van der Waals surface area contributed by atoms with Gasteiger partial charge in [0.15, 0.2) is 5.75 Å². The summed E-state index contributed by atoms with van der Waals surface area (Å²) in [4.78, 5) is 3.46. The summed E-state index contributed by atoms with van der Waals surface area (Å²) < 4.78 is 17.2. The molecular formula is C7H8FNO. The molecule has 10 heavy (non-hydrogen) atoms. The summed E-state index contributed by atoms with van der Waals surface area (Å²) in [5, 5.41) is 0. The van der Waals surface area contributed by atoms with Gasteiger partial charge in [-0.3, -0.25) is 0 Å². The van der Waals surface area contributed by atoms with Gasteiger partial charge in [0, 0.05) is 6.20 Å². The number of rotatable bonds is 1. The second kappa shape index (κ2) is 2.64. The topological polar surface area (TPSA) is 22.1 Å². The van der Waals surface area contributed by atoms with E-state index in [-0.39, 0.29) is 5.75 Å². The lowest BCUT2D eigenvalue weighted by molar-refractivity contribution is 0.377. The number of ether oxygens (including phenoxy) is 1. The molecule has 54 valence electrons. The maximum atomic E-state index is 12.5. The van der Waals surface area contributed by atoms with E-state index >= 15 is 0 Å². The average Bonchev–Trinajstić information content (AvgIpc) is 1.94. The molecule has 0 amide bonds. The van der Waals surface area contributed by atoms with Gasteiger partial charge in [0.2, 0.25) is 0 Å². The summed E-state index contributed by atoms with van der Waals surface area (Å²) in [6.45, 7) is 1.83. The van der Waals surface area contributed by atoms with Gasteiger partial charge < -0.3 is 4.74 Å². The van der Waals surface area contributed by atoms with Crippen LogP contribution in [-0.2, 0) is 0 Å². The second-order valence-corrected chi connectivity index (χ2v) is 2.01. The molecule has 0 saturated carbocycles. The number of hydrogen-bond donors (Lipinski definition) is 0. The summed E-state index contributed by atoms with van der Waals surface area (Å²) in [6, 6.07) is 1.60. The van der Waals surface area contributed by atoms with Crippen molar-refractivity contribution in [1.82, 2.24) is 4.98 Å². The zero-order valence-corrected chi connectivity index (χ0v) is 5.89. The zero-order valence-electron chi connectivity index (χ0n) is 5.89. The van der Waals surface area contributed by atoms with Crippen LogP contribution in [0.1, 0.15) is 5.56 Å². The Morgan fingerprint density at radius 3 is 2.80 bits per heavy atom. The lowest BCUT2D eigenvalue weighted by atomic mass is 10.3. The van der Waals surface area contributed by atoms with E-state index in [1.807, 2.05) is 6.92 Å². The molecular weight excluding hydrogens is 133 g/mol. The number of methoxy groups -OCH3 is 1. The van der Waals surface area contributed by atoms with Gasteiger partial charge in [0.05, 0.1) is 7.11 Å². The highest BCUT2D eigenvalue weighted by atomic mass is 19.1. The number of pyridine rings is 1. The molecule has 0 unspecified atom stereocenters. The summed E-state index contributed by atoms with van der Waals surface area (Å²) >= 11 is 0. The summed E-state index contributed by atoms with van der Waals surface area (Å²) in [5.41, 5.74) is 0.887. The van der Waals surface area contributed by atoms with E-state index < -0.39 is 5.95 Å². The van der Waals surface area contributed by atoms with Gasteiger partial charge >= 0.3 is 0 Å². The van der Waals surface area contributed by atoms with Crippen LogP contribution in [-0.4, -0.2) is 12.1 Å². The number of hydrogen-bond acceptors (Lipinski definition) is 2. The fourth-order valence-corrected chi connectivity index (χ4v) is 0.669. The van der Waals surface area contributed by atoms with Crippen molar-refractivity contribution in [3.63, 3.8) is 0 Å². The van der Waals surface area contributed by atoms with Crippen LogP contribution in [0.3, 0.4) is 0 Å². The quantitative estimate of drug-likeness (QED) is 0.553. The monoisotopic (exact) mass is 141 g/mol. The number of halogens is 1. The van der Waals surface area contributed by atoms with Gasteiger partial charge in [0.1, 0.15) is 0 Å². The van der Waals surface area contributed by atoms with Crippen LogP contribution in [0.25, 0.3) is 0 Å². The van der Waals surface area contributed by atoms with E-state index in [4.69, 9.17) is 0 Å². The first kappa shape index (κ1) is 6.99. The van der Waals surface area contributed by atoms with Gasteiger partial charge in [-0.15, -0.1) is 0 Å². The Morgan fingerprint density at radius 2 is 2.30 bits per heavy atom. The molecule has 1 rings (SSSR count). The predicted octanol–water partition coefficient (Wildman–Crippen LogP) is 1.54. The van der Waals surface area contributed by atoms with Crippen molar-refractivity contribution in [2.75, 3.05) is 7.11 Å². The first-order chi connectivity index (χ1) is 4.74. The van der Waals surface area contributed by atoms with Crippen LogP contribution in [0.4, 0.5) is 4.39 Å². The third-order valence-electron chi connectivity index (χ3n) is 1.16. The Hall–Kier alpha value is -1.12. The van der Waals surface area contributed by atoms with Crippen molar-refractivity contribution in [3.8, 4) is 5.75 Å². The maximum Gasteiger partial charge on any atom is 0.255 e. The molecule has 0 N–H and O–H groups in total. The van der Waals surface area contributed by atoms with Crippen LogP contribution in [0, 0.1) is 12.9 Å². The van der Waals surface area contributed by atoms with E-state index in [1.165, 1.54) is 13.3 Å². The molecule has 1 aromatic heterocycles. The molecule has 1 heterocycles. The minimum absolute atomic E-state index is 0.194. The standard InChI is InChI=1S/C7H8FNO/c1-5-3-6(10-2)7(8)9-4-5/h3-4H,1-2H3. The number of aryl methyl sites for hydroxylation is 1. The van der Waals surface area contributed by atoms with Gasteiger partial charge in [-0.2, -0.15) is 4.39 Å². The number of nitrogens with zero attached hydrogens (tertiary/aromatic N) is 1. The van der Waals surface area contributed by atoms with Crippen LogP contribution in [0.15, 0.2) is 12.3 Å². The van der Waals surface area contributed by atoms with Crippen LogP contribution in [0.5, 0.6) is 5.75 Å². The molecule has 0 spiro atoms. The fourth-order valence-electron chi connectivity index (χ4n) is 0.669. The van der Waals surface area contributed by atoms with Crippen molar-refractivity contribution < 1.29 is 9.13 Å². The predicted molar refractivity (Wildman–Crippen MR) is 35.5 cm³/mol. The maximum absolute atomic E-state index is 12.5.